The van der Waals surface area contributed by atoms with Crippen LogP contribution in [0.5, 0.6) is 0 Å². The van der Waals surface area contributed by atoms with Gasteiger partial charge in [0, 0.05) is 26.8 Å². The normalized spacial score (nSPS) is 12.2. The molecule has 6 nitrogen and oxygen atoms in total. The van der Waals surface area contributed by atoms with Crippen LogP contribution in [0, 0.1) is 0 Å². The molecule has 0 amide bonds. The third kappa shape index (κ3) is 3.03. The summed E-state index contributed by atoms with van der Waals surface area (Å²) in [6, 6.07) is 0. The quantitative estimate of drug-likeness (QED) is 0.697. The highest BCUT2D eigenvalue weighted by Crippen LogP contribution is 2.12. The van der Waals surface area contributed by atoms with Crippen molar-refractivity contribution in [1.82, 2.24) is 19.4 Å². The predicted octanol–water partition coefficient (Wildman–Crippen LogP) is -0.350. The highest BCUT2D eigenvalue weighted by molar-refractivity contribution is 7.89. The van der Waals surface area contributed by atoms with Gasteiger partial charge in [-0.3, -0.25) is 4.68 Å². The monoisotopic (exact) mass is 246 g/mol. The van der Waals surface area contributed by atoms with Gasteiger partial charge in [-0.15, -0.1) is 0 Å². The van der Waals surface area contributed by atoms with Crippen LogP contribution < -0.4 is 5.32 Å². The van der Waals surface area contributed by atoms with Crippen LogP contribution in [0.15, 0.2) is 17.3 Å². The van der Waals surface area contributed by atoms with Crippen LogP contribution in [0.3, 0.4) is 0 Å². The van der Waals surface area contributed by atoms with Crippen molar-refractivity contribution in [2.45, 2.75) is 11.3 Å². The second-order valence-corrected chi connectivity index (χ2v) is 5.68. The fraction of sp³-hybridized carbons (Fsp3) is 0.667. The first-order valence-corrected chi connectivity index (χ1v) is 6.52. The molecule has 0 bridgehead atoms. The van der Waals surface area contributed by atoms with E-state index in [9.17, 15) is 8.42 Å². The molecule has 16 heavy (non-hydrogen) atoms. The maximum absolute atomic E-state index is 12.0. The summed E-state index contributed by atoms with van der Waals surface area (Å²) in [5.74, 6) is 0. The van der Waals surface area contributed by atoms with Crippen LogP contribution in [0.1, 0.15) is 6.42 Å². The van der Waals surface area contributed by atoms with Gasteiger partial charge in [-0.25, -0.2) is 12.7 Å². The number of aromatic nitrogens is 2. The lowest BCUT2D eigenvalue weighted by atomic mass is 10.4. The molecule has 1 rings (SSSR count). The number of hydrogen-bond donors (Lipinski definition) is 1. The highest BCUT2D eigenvalue weighted by Gasteiger charge is 2.21. The predicted molar refractivity (Wildman–Crippen MR) is 61.6 cm³/mol. The Bertz CT molecular complexity index is 426. The van der Waals surface area contributed by atoms with Crippen LogP contribution in [0.25, 0.3) is 0 Å². The Labute approximate surface area is 96.3 Å². The van der Waals surface area contributed by atoms with Crippen molar-refractivity contribution in [2.24, 2.45) is 7.05 Å². The Hall–Kier alpha value is -0.920. The van der Waals surface area contributed by atoms with Crippen molar-refractivity contribution in [3.05, 3.63) is 12.4 Å². The Balaban J connectivity index is 2.70. The van der Waals surface area contributed by atoms with E-state index in [4.69, 9.17) is 0 Å². The zero-order chi connectivity index (χ0) is 12.2. The van der Waals surface area contributed by atoms with E-state index < -0.39 is 10.0 Å². The van der Waals surface area contributed by atoms with E-state index in [0.29, 0.717) is 6.54 Å². The fourth-order valence-electron chi connectivity index (χ4n) is 1.31. The van der Waals surface area contributed by atoms with Gasteiger partial charge in [0.05, 0.1) is 6.20 Å². The molecule has 7 heteroatoms. The Kier molecular flexibility index (Phi) is 4.45. The van der Waals surface area contributed by atoms with Crippen molar-refractivity contribution < 1.29 is 8.42 Å². The third-order valence-electron chi connectivity index (χ3n) is 2.29. The second-order valence-electron chi connectivity index (χ2n) is 3.63. The van der Waals surface area contributed by atoms with Crippen LogP contribution in [-0.2, 0) is 17.1 Å². The number of aryl methyl sites for hydroxylation is 1. The molecule has 0 aliphatic heterocycles. The summed E-state index contributed by atoms with van der Waals surface area (Å²) in [4.78, 5) is 0.238. The largest absolute Gasteiger partial charge is 0.320 e. The minimum atomic E-state index is -3.38. The summed E-state index contributed by atoms with van der Waals surface area (Å²) in [5, 5.41) is 6.84. The van der Waals surface area contributed by atoms with Crippen molar-refractivity contribution in [3.63, 3.8) is 0 Å². The van der Waals surface area contributed by atoms with Gasteiger partial charge in [0.1, 0.15) is 4.90 Å². The molecule has 1 heterocycles. The highest BCUT2D eigenvalue weighted by atomic mass is 32.2. The first-order valence-electron chi connectivity index (χ1n) is 5.08. The molecule has 0 saturated heterocycles. The van der Waals surface area contributed by atoms with Gasteiger partial charge in [0.25, 0.3) is 0 Å². The molecule has 0 spiro atoms. The molecule has 92 valence electrons. The van der Waals surface area contributed by atoms with Gasteiger partial charge < -0.3 is 5.32 Å². The molecule has 0 atom stereocenters. The summed E-state index contributed by atoms with van der Waals surface area (Å²) in [5.41, 5.74) is 0. The third-order valence-corrected chi connectivity index (χ3v) is 4.10. The zero-order valence-electron chi connectivity index (χ0n) is 9.84. The van der Waals surface area contributed by atoms with E-state index in [0.717, 1.165) is 13.0 Å². The molecule has 0 aromatic carbocycles. The average molecular weight is 246 g/mol. The first kappa shape index (κ1) is 13.1. The number of rotatable bonds is 6. The van der Waals surface area contributed by atoms with E-state index in [2.05, 4.69) is 10.4 Å². The van der Waals surface area contributed by atoms with Crippen LogP contribution in [0.2, 0.25) is 0 Å². The molecule has 1 aromatic rings. The Morgan fingerprint density at radius 2 is 2.25 bits per heavy atom. The molecule has 0 aliphatic carbocycles. The second kappa shape index (κ2) is 5.42. The van der Waals surface area contributed by atoms with E-state index in [1.54, 1.807) is 14.1 Å². The SMILES string of the molecule is CNCCCN(C)S(=O)(=O)c1cnn(C)c1. The number of nitrogens with one attached hydrogen (secondary N) is 1. The lowest BCUT2D eigenvalue weighted by molar-refractivity contribution is 0.458. The molecule has 0 saturated carbocycles. The van der Waals surface area contributed by atoms with Crippen LogP contribution >= 0.6 is 0 Å². The van der Waals surface area contributed by atoms with Crippen LogP contribution in [-0.4, -0.2) is 49.7 Å². The van der Waals surface area contributed by atoms with Gasteiger partial charge >= 0.3 is 0 Å². The van der Waals surface area contributed by atoms with Crippen LogP contribution in [0.4, 0.5) is 0 Å². The summed E-state index contributed by atoms with van der Waals surface area (Å²) in [7, 11) is 1.74. The molecule has 0 unspecified atom stereocenters. The topological polar surface area (TPSA) is 67.2 Å². The minimum absolute atomic E-state index is 0.238. The maximum Gasteiger partial charge on any atom is 0.245 e. The van der Waals surface area contributed by atoms with Gasteiger partial charge in [-0.2, -0.15) is 5.10 Å². The van der Waals surface area contributed by atoms with Gasteiger partial charge in [0.2, 0.25) is 10.0 Å². The molecular weight excluding hydrogens is 228 g/mol. The summed E-state index contributed by atoms with van der Waals surface area (Å²) >= 11 is 0. The molecule has 0 radical (unpaired) electrons. The van der Waals surface area contributed by atoms with Gasteiger partial charge in [0.15, 0.2) is 0 Å². The van der Waals surface area contributed by atoms with Gasteiger partial charge in [-0.1, -0.05) is 0 Å². The standard InChI is InChI=1S/C9H18N4O2S/c1-10-5-4-6-13(3)16(14,15)9-7-11-12(2)8-9/h7-8,10H,4-6H2,1-3H3. The summed E-state index contributed by atoms with van der Waals surface area (Å²) < 4.78 is 26.8. The number of sulfonamides is 1. The molecule has 1 N–H and O–H groups in total. The molecule has 0 aliphatic rings. The fourth-order valence-corrected chi connectivity index (χ4v) is 2.51. The zero-order valence-corrected chi connectivity index (χ0v) is 10.7. The first-order chi connectivity index (χ1) is 7.48. The average Bonchev–Trinajstić information content (AvgIpc) is 2.65. The lowest BCUT2D eigenvalue weighted by Gasteiger charge is -2.15. The Morgan fingerprint density at radius 3 is 2.75 bits per heavy atom. The smallest absolute Gasteiger partial charge is 0.245 e. The number of nitrogens with zero attached hydrogens (tertiary/aromatic N) is 3. The van der Waals surface area contributed by atoms with Gasteiger partial charge in [-0.05, 0) is 20.0 Å². The molecular formula is C9H18N4O2S. The lowest BCUT2D eigenvalue weighted by Crippen LogP contribution is -2.29. The summed E-state index contributed by atoms with van der Waals surface area (Å²) in [6.07, 6.45) is 3.65. The molecule has 0 fully saturated rings. The Morgan fingerprint density at radius 1 is 1.56 bits per heavy atom. The van der Waals surface area contributed by atoms with E-state index in [1.807, 2.05) is 7.05 Å². The van der Waals surface area contributed by atoms with Crippen molar-refractivity contribution in [2.75, 3.05) is 27.2 Å². The maximum atomic E-state index is 12.0. The van der Waals surface area contributed by atoms with E-state index in [1.165, 1.54) is 21.4 Å². The van der Waals surface area contributed by atoms with E-state index >= 15 is 0 Å². The van der Waals surface area contributed by atoms with Crippen molar-refractivity contribution in [1.29, 1.82) is 0 Å². The number of hydrogen-bond acceptors (Lipinski definition) is 4. The minimum Gasteiger partial charge on any atom is -0.320 e. The van der Waals surface area contributed by atoms with E-state index in [-0.39, 0.29) is 4.90 Å². The van der Waals surface area contributed by atoms with Crippen molar-refractivity contribution in [3.8, 4) is 0 Å². The molecule has 1 aromatic heterocycles. The summed E-state index contributed by atoms with van der Waals surface area (Å²) in [6.45, 7) is 1.30. The van der Waals surface area contributed by atoms with Crippen molar-refractivity contribution >= 4 is 10.0 Å².